The third-order valence-electron chi connectivity index (χ3n) is 2.61. The summed E-state index contributed by atoms with van der Waals surface area (Å²) in [6.45, 7) is -0.0896. The maximum Gasteiger partial charge on any atom is 0.416 e. The molecule has 116 valence electrons. The van der Waals surface area contributed by atoms with Crippen molar-refractivity contribution in [3.63, 3.8) is 0 Å². The second kappa shape index (κ2) is 7.02. The van der Waals surface area contributed by atoms with Crippen LogP contribution in [-0.4, -0.2) is 22.5 Å². The van der Waals surface area contributed by atoms with E-state index in [1.165, 1.54) is 0 Å². The smallest absolute Gasteiger partial charge is 0.396 e. The van der Waals surface area contributed by atoms with Crippen molar-refractivity contribution in [2.24, 2.45) is 0 Å². The van der Waals surface area contributed by atoms with Crippen molar-refractivity contribution in [3.8, 4) is 0 Å². The summed E-state index contributed by atoms with van der Waals surface area (Å²) in [6.07, 6.45) is -3.92. The summed E-state index contributed by atoms with van der Waals surface area (Å²) in [5.74, 6) is -0.564. The van der Waals surface area contributed by atoms with E-state index in [0.717, 1.165) is 6.07 Å². The Morgan fingerprint density at radius 2 is 2.00 bits per heavy atom. The average molecular weight is 306 g/mol. The van der Waals surface area contributed by atoms with Gasteiger partial charge >= 0.3 is 6.18 Å². The molecule has 0 fully saturated rings. The normalized spacial score (nSPS) is 11.2. The van der Waals surface area contributed by atoms with Gasteiger partial charge in [0.15, 0.2) is 0 Å². The summed E-state index contributed by atoms with van der Waals surface area (Å²) in [5.41, 5.74) is -2.27. The predicted molar refractivity (Wildman–Crippen MR) is 67.7 cm³/mol. The van der Waals surface area contributed by atoms with Crippen molar-refractivity contribution in [1.82, 2.24) is 0 Å². The first-order valence-corrected chi connectivity index (χ1v) is 6.02. The Balaban J connectivity index is 2.92. The molecule has 0 aliphatic rings. The molecule has 0 saturated heterocycles. The number of amides is 1. The number of anilines is 1. The zero-order valence-corrected chi connectivity index (χ0v) is 10.8. The minimum Gasteiger partial charge on any atom is -0.396 e. The lowest BCUT2D eigenvalue weighted by atomic mass is 10.1. The van der Waals surface area contributed by atoms with Crippen molar-refractivity contribution in [3.05, 3.63) is 33.9 Å². The zero-order valence-electron chi connectivity index (χ0n) is 10.8. The Kier molecular flexibility index (Phi) is 5.65. The number of nitrogens with zero attached hydrogens (tertiary/aromatic N) is 1. The number of nitro benzene ring substituents is 1. The Morgan fingerprint density at radius 1 is 1.33 bits per heavy atom. The van der Waals surface area contributed by atoms with Crippen LogP contribution in [0.4, 0.5) is 24.5 Å². The number of benzene rings is 1. The molecule has 0 aliphatic carbocycles. The van der Waals surface area contributed by atoms with Gasteiger partial charge in [0.1, 0.15) is 5.69 Å². The van der Waals surface area contributed by atoms with E-state index >= 15 is 0 Å². The quantitative estimate of drug-likeness (QED) is 0.480. The van der Waals surface area contributed by atoms with E-state index in [0.29, 0.717) is 25.0 Å². The molecule has 2 N–H and O–H groups in total. The highest BCUT2D eigenvalue weighted by atomic mass is 19.4. The van der Waals surface area contributed by atoms with E-state index in [1.807, 2.05) is 0 Å². The fraction of sp³-hybridized carbons (Fsp3) is 0.417. The monoisotopic (exact) mass is 306 g/mol. The molecule has 1 rings (SSSR count). The summed E-state index contributed by atoms with van der Waals surface area (Å²) in [4.78, 5) is 21.3. The number of rotatable bonds is 6. The average Bonchev–Trinajstić information content (AvgIpc) is 2.37. The highest BCUT2D eigenvalue weighted by Gasteiger charge is 2.33. The molecular formula is C12H13F3N2O4. The highest BCUT2D eigenvalue weighted by molar-refractivity contribution is 5.93. The molecule has 0 heterocycles. The van der Waals surface area contributed by atoms with E-state index in [2.05, 4.69) is 5.32 Å². The van der Waals surface area contributed by atoms with Crippen LogP contribution in [0, 0.1) is 10.1 Å². The van der Waals surface area contributed by atoms with Crippen LogP contribution in [0.2, 0.25) is 0 Å². The number of aliphatic hydroxyl groups excluding tert-OH is 1. The van der Waals surface area contributed by atoms with Crippen LogP contribution in [0.25, 0.3) is 0 Å². The fourth-order valence-electron chi connectivity index (χ4n) is 1.57. The van der Waals surface area contributed by atoms with Gasteiger partial charge in [-0.1, -0.05) is 0 Å². The first kappa shape index (κ1) is 16.9. The number of carbonyl (C=O) groups is 1. The molecular weight excluding hydrogens is 293 g/mol. The van der Waals surface area contributed by atoms with Gasteiger partial charge in [0.25, 0.3) is 5.69 Å². The number of nitrogens with one attached hydrogen (secondary N) is 1. The van der Waals surface area contributed by atoms with Gasteiger partial charge in [-0.05, 0) is 25.0 Å². The van der Waals surface area contributed by atoms with Crippen LogP contribution < -0.4 is 5.32 Å². The van der Waals surface area contributed by atoms with Crippen molar-refractivity contribution in [2.45, 2.75) is 25.4 Å². The lowest BCUT2D eigenvalue weighted by Gasteiger charge is -2.09. The van der Waals surface area contributed by atoms with Gasteiger partial charge in [0, 0.05) is 19.1 Å². The molecule has 1 aromatic carbocycles. The molecule has 6 nitrogen and oxygen atoms in total. The first-order valence-electron chi connectivity index (χ1n) is 6.02. The van der Waals surface area contributed by atoms with Crippen LogP contribution in [0.15, 0.2) is 18.2 Å². The summed E-state index contributed by atoms with van der Waals surface area (Å²) in [6, 6.07) is 1.89. The standard InChI is InChI=1S/C12H13F3N2O4/c13-12(14,15)8-4-5-9(10(7-8)17(20)21)16-11(19)3-1-2-6-18/h4-5,7,18H,1-3,6H2,(H,16,19). The second-order valence-corrected chi connectivity index (χ2v) is 4.22. The molecule has 0 unspecified atom stereocenters. The number of nitro groups is 1. The SMILES string of the molecule is O=C(CCCCO)Nc1ccc(C(F)(F)F)cc1[N+](=O)[O-]. The molecule has 0 aliphatic heterocycles. The van der Waals surface area contributed by atoms with E-state index in [4.69, 9.17) is 5.11 Å². The van der Waals surface area contributed by atoms with Crippen LogP contribution in [0.3, 0.4) is 0 Å². The first-order chi connectivity index (χ1) is 9.75. The molecule has 21 heavy (non-hydrogen) atoms. The molecule has 9 heteroatoms. The van der Waals surface area contributed by atoms with Gasteiger partial charge in [-0.3, -0.25) is 14.9 Å². The molecule has 1 aromatic rings. The third-order valence-corrected chi connectivity index (χ3v) is 2.61. The zero-order chi connectivity index (χ0) is 16.0. The molecule has 0 aromatic heterocycles. The van der Waals surface area contributed by atoms with E-state index in [1.54, 1.807) is 0 Å². The summed E-state index contributed by atoms with van der Waals surface area (Å²) >= 11 is 0. The van der Waals surface area contributed by atoms with Crippen molar-refractivity contribution < 1.29 is 28.0 Å². The Hall–Kier alpha value is -2.16. The molecule has 0 atom stereocenters. The van der Waals surface area contributed by atoms with E-state index < -0.39 is 28.3 Å². The third kappa shape index (κ3) is 5.03. The summed E-state index contributed by atoms with van der Waals surface area (Å²) in [5, 5.41) is 21.6. The fourth-order valence-corrected chi connectivity index (χ4v) is 1.57. The number of alkyl halides is 3. The number of carbonyl (C=O) groups excluding carboxylic acids is 1. The number of hydrogen-bond donors (Lipinski definition) is 2. The Labute approximate surface area is 117 Å². The lowest BCUT2D eigenvalue weighted by molar-refractivity contribution is -0.384. The topological polar surface area (TPSA) is 92.5 Å². The van der Waals surface area contributed by atoms with E-state index in [-0.39, 0.29) is 18.7 Å². The van der Waals surface area contributed by atoms with Crippen LogP contribution in [0.5, 0.6) is 0 Å². The van der Waals surface area contributed by atoms with Gasteiger partial charge in [-0.2, -0.15) is 13.2 Å². The number of hydrogen-bond acceptors (Lipinski definition) is 4. The van der Waals surface area contributed by atoms with Crippen molar-refractivity contribution in [2.75, 3.05) is 11.9 Å². The second-order valence-electron chi connectivity index (χ2n) is 4.22. The molecule has 0 saturated carbocycles. The largest absolute Gasteiger partial charge is 0.416 e. The highest BCUT2D eigenvalue weighted by Crippen LogP contribution is 2.34. The van der Waals surface area contributed by atoms with Crippen molar-refractivity contribution in [1.29, 1.82) is 0 Å². The Morgan fingerprint density at radius 3 is 2.52 bits per heavy atom. The minimum absolute atomic E-state index is 0.0126. The molecule has 0 spiro atoms. The number of aliphatic hydroxyl groups is 1. The molecule has 0 bridgehead atoms. The molecule has 0 radical (unpaired) electrons. The number of halogens is 3. The van der Waals surface area contributed by atoms with E-state index in [9.17, 15) is 28.1 Å². The number of unbranched alkanes of at least 4 members (excludes halogenated alkanes) is 1. The molecule has 1 amide bonds. The predicted octanol–water partition coefficient (Wildman–Crippen LogP) is 2.71. The summed E-state index contributed by atoms with van der Waals surface area (Å²) in [7, 11) is 0. The summed E-state index contributed by atoms with van der Waals surface area (Å²) < 4.78 is 37.5. The Bertz CT molecular complexity index is 532. The van der Waals surface area contributed by atoms with Crippen LogP contribution in [0.1, 0.15) is 24.8 Å². The van der Waals surface area contributed by atoms with Gasteiger partial charge in [-0.15, -0.1) is 0 Å². The van der Waals surface area contributed by atoms with Gasteiger partial charge in [0.05, 0.1) is 10.5 Å². The van der Waals surface area contributed by atoms with Gasteiger partial charge in [-0.25, -0.2) is 0 Å². The van der Waals surface area contributed by atoms with Gasteiger partial charge < -0.3 is 10.4 Å². The maximum atomic E-state index is 12.5. The van der Waals surface area contributed by atoms with Gasteiger partial charge in [0.2, 0.25) is 5.91 Å². The maximum absolute atomic E-state index is 12.5. The lowest BCUT2D eigenvalue weighted by Crippen LogP contribution is -2.14. The minimum atomic E-state index is -4.70. The van der Waals surface area contributed by atoms with Crippen LogP contribution >= 0.6 is 0 Å². The van der Waals surface area contributed by atoms with Crippen molar-refractivity contribution >= 4 is 17.3 Å². The van der Waals surface area contributed by atoms with Crippen LogP contribution in [-0.2, 0) is 11.0 Å².